The van der Waals surface area contributed by atoms with Crippen LogP contribution in [0.2, 0.25) is 0 Å². The van der Waals surface area contributed by atoms with Gasteiger partial charge in [0.25, 0.3) is 5.91 Å². The Balaban J connectivity index is 1.93. The number of carbonyl (C=O) groups excluding carboxylic acids is 1. The van der Waals surface area contributed by atoms with Crippen molar-refractivity contribution in [2.75, 3.05) is 18.9 Å². The molecule has 1 amide bonds. The van der Waals surface area contributed by atoms with Crippen molar-refractivity contribution < 1.29 is 9.53 Å². The fourth-order valence-corrected chi connectivity index (χ4v) is 2.07. The topological polar surface area (TPSA) is 64.3 Å². The fourth-order valence-electron chi connectivity index (χ4n) is 2.07. The van der Waals surface area contributed by atoms with Gasteiger partial charge in [-0.3, -0.25) is 4.79 Å². The van der Waals surface area contributed by atoms with E-state index in [-0.39, 0.29) is 5.91 Å². The zero-order valence-electron chi connectivity index (χ0n) is 13.3. The number of anilines is 1. The van der Waals surface area contributed by atoms with Crippen LogP contribution in [0.4, 0.5) is 5.69 Å². The molecule has 0 radical (unpaired) electrons. The van der Waals surface area contributed by atoms with Gasteiger partial charge in [-0.05, 0) is 42.7 Å². The fraction of sp³-hybridized carbons (Fsp3) is 0.211. The number of amides is 1. The molecule has 3 N–H and O–H groups in total. The molecule has 0 atom stereocenters. The van der Waals surface area contributed by atoms with Crippen LogP contribution in [0.3, 0.4) is 0 Å². The molecule has 23 heavy (non-hydrogen) atoms. The summed E-state index contributed by atoms with van der Waals surface area (Å²) in [6.45, 7) is 6.61. The normalized spacial score (nSPS) is 10.1. The molecule has 0 bridgehead atoms. The van der Waals surface area contributed by atoms with Crippen LogP contribution < -0.4 is 15.8 Å². The summed E-state index contributed by atoms with van der Waals surface area (Å²) >= 11 is 0. The Morgan fingerprint density at radius 3 is 2.65 bits per heavy atom. The first-order valence-electron chi connectivity index (χ1n) is 7.55. The standard InChI is InChI=1S/C19H22N2O2/c1-14(2)13-23-18-12-16(8-9-17(18)20)19(22)21-11-10-15-6-4-3-5-7-15/h3-9,12H,1,10-11,13,20H2,2H3,(H,21,22). The monoisotopic (exact) mass is 310 g/mol. The summed E-state index contributed by atoms with van der Waals surface area (Å²) in [5, 5.41) is 2.91. The van der Waals surface area contributed by atoms with E-state index in [9.17, 15) is 4.79 Å². The summed E-state index contributed by atoms with van der Waals surface area (Å²) < 4.78 is 5.56. The lowest BCUT2D eigenvalue weighted by molar-refractivity contribution is 0.0954. The molecule has 2 aromatic rings. The van der Waals surface area contributed by atoms with Crippen molar-refractivity contribution in [1.82, 2.24) is 5.32 Å². The maximum Gasteiger partial charge on any atom is 0.251 e. The van der Waals surface area contributed by atoms with E-state index in [1.54, 1.807) is 18.2 Å². The highest BCUT2D eigenvalue weighted by Gasteiger charge is 2.09. The van der Waals surface area contributed by atoms with Crippen LogP contribution in [-0.4, -0.2) is 19.1 Å². The summed E-state index contributed by atoms with van der Waals surface area (Å²) in [7, 11) is 0. The van der Waals surface area contributed by atoms with Crippen LogP contribution in [0.15, 0.2) is 60.7 Å². The van der Waals surface area contributed by atoms with Gasteiger partial charge in [-0.1, -0.05) is 36.9 Å². The SMILES string of the molecule is C=C(C)COc1cc(C(=O)NCCc2ccccc2)ccc1N. The van der Waals surface area contributed by atoms with Crippen molar-refractivity contribution in [2.45, 2.75) is 13.3 Å². The van der Waals surface area contributed by atoms with Gasteiger partial charge in [-0.25, -0.2) is 0 Å². The number of ether oxygens (including phenoxy) is 1. The zero-order chi connectivity index (χ0) is 16.7. The Kier molecular flexibility index (Phi) is 5.80. The van der Waals surface area contributed by atoms with Gasteiger partial charge < -0.3 is 15.8 Å². The van der Waals surface area contributed by atoms with E-state index in [4.69, 9.17) is 10.5 Å². The summed E-state index contributed by atoms with van der Waals surface area (Å²) in [6.07, 6.45) is 0.792. The molecule has 2 aromatic carbocycles. The summed E-state index contributed by atoms with van der Waals surface area (Å²) in [6, 6.07) is 15.1. The molecule has 0 spiro atoms. The highest BCUT2D eigenvalue weighted by atomic mass is 16.5. The lowest BCUT2D eigenvalue weighted by Crippen LogP contribution is -2.25. The molecular formula is C19H22N2O2. The third-order valence-corrected chi connectivity index (χ3v) is 3.29. The molecule has 4 nitrogen and oxygen atoms in total. The Morgan fingerprint density at radius 2 is 1.96 bits per heavy atom. The minimum absolute atomic E-state index is 0.138. The Labute approximate surface area is 137 Å². The van der Waals surface area contributed by atoms with E-state index in [0.29, 0.717) is 30.2 Å². The number of carbonyl (C=O) groups is 1. The molecule has 0 aromatic heterocycles. The molecule has 0 unspecified atom stereocenters. The van der Waals surface area contributed by atoms with Crippen molar-refractivity contribution >= 4 is 11.6 Å². The largest absolute Gasteiger partial charge is 0.487 e. The van der Waals surface area contributed by atoms with Crippen molar-refractivity contribution in [3.05, 3.63) is 71.8 Å². The van der Waals surface area contributed by atoms with Gasteiger partial charge >= 0.3 is 0 Å². The van der Waals surface area contributed by atoms with Gasteiger partial charge in [0, 0.05) is 12.1 Å². The van der Waals surface area contributed by atoms with Gasteiger partial charge in [-0.15, -0.1) is 0 Å². The summed E-state index contributed by atoms with van der Waals surface area (Å²) in [4.78, 5) is 12.2. The van der Waals surface area contributed by atoms with Crippen molar-refractivity contribution in [3.63, 3.8) is 0 Å². The lowest BCUT2D eigenvalue weighted by Gasteiger charge is -2.11. The van der Waals surface area contributed by atoms with E-state index < -0.39 is 0 Å². The van der Waals surface area contributed by atoms with Gasteiger partial charge in [0.1, 0.15) is 12.4 Å². The summed E-state index contributed by atoms with van der Waals surface area (Å²) in [5.41, 5.74) is 8.98. The number of nitrogen functional groups attached to an aromatic ring is 1. The first kappa shape index (κ1) is 16.6. The highest BCUT2D eigenvalue weighted by Crippen LogP contribution is 2.23. The second-order valence-corrected chi connectivity index (χ2v) is 5.49. The van der Waals surface area contributed by atoms with Gasteiger partial charge in [-0.2, -0.15) is 0 Å². The predicted octanol–water partition coefficient (Wildman–Crippen LogP) is 3.20. The molecule has 0 aliphatic carbocycles. The molecule has 4 heteroatoms. The minimum Gasteiger partial charge on any atom is -0.487 e. The van der Waals surface area contributed by atoms with E-state index in [1.165, 1.54) is 5.56 Å². The molecule has 0 fully saturated rings. The zero-order valence-corrected chi connectivity index (χ0v) is 13.3. The minimum atomic E-state index is -0.138. The molecular weight excluding hydrogens is 288 g/mol. The van der Waals surface area contributed by atoms with Crippen molar-refractivity contribution in [1.29, 1.82) is 0 Å². The molecule has 2 rings (SSSR count). The number of rotatable bonds is 7. The highest BCUT2D eigenvalue weighted by molar-refractivity contribution is 5.95. The first-order valence-corrected chi connectivity index (χ1v) is 7.55. The Bertz CT molecular complexity index is 681. The quantitative estimate of drug-likeness (QED) is 0.610. The van der Waals surface area contributed by atoms with E-state index in [1.807, 2.05) is 37.3 Å². The average molecular weight is 310 g/mol. The molecule has 0 saturated carbocycles. The van der Waals surface area contributed by atoms with E-state index in [0.717, 1.165) is 12.0 Å². The second kappa shape index (κ2) is 8.03. The van der Waals surface area contributed by atoms with Gasteiger partial charge in [0.15, 0.2) is 0 Å². The van der Waals surface area contributed by atoms with E-state index in [2.05, 4.69) is 11.9 Å². The van der Waals surface area contributed by atoms with Crippen LogP contribution >= 0.6 is 0 Å². The molecule has 0 aliphatic rings. The number of nitrogens with two attached hydrogens (primary N) is 1. The van der Waals surface area contributed by atoms with Crippen LogP contribution in [-0.2, 0) is 6.42 Å². The summed E-state index contributed by atoms with van der Waals surface area (Å²) in [5.74, 6) is 0.366. The van der Waals surface area contributed by atoms with Crippen LogP contribution in [0.1, 0.15) is 22.8 Å². The van der Waals surface area contributed by atoms with E-state index >= 15 is 0 Å². The molecule has 0 saturated heterocycles. The third kappa shape index (κ3) is 5.18. The van der Waals surface area contributed by atoms with Crippen LogP contribution in [0.25, 0.3) is 0 Å². The molecule has 120 valence electrons. The maximum atomic E-state index is 12.2. The number of hydrogen-bond donors (Lipinski definition) is 2. The van der Waals surface area contributed by atoms with Crippen molar-refractivity contribution in [3.8, 4) is 5.75 Å². The Morgan fingerprint density at radius 1 is 1.22 bits per heavy atom. The van der Waals surface area contributed by atoms with Gasteiger partial charge in [0.05, 0.1) is 5.69 Å². The number of hydrogen-bond acceptors (Lipinski definition) is 3. The number of nitrogens with one attached hydrogen (secondary N) is 1. The average Bonchev–Trinajstić information content (AvgIpc) is 2.55. The van der Waals surface area contributed by atoms with Crippen LogP contribution in [0, 0.1) is 0 Å². The second-order valence-electron chi connectivity index (χ2n) is 5.49. The van der Waals surface area contributed by atoms with Crippen molar-refractivity contribution in [2.24, 2.45) is 0 Å². The Hall–Kier alpha value is -2.75. The molecule has 0 aliphatic heterocycles. The van der Waals surface area contributed by atoms with Crippen LogP contribution in [0.5, 0.6) is 5.75 Å². The smallest absolute Gasteiger partial charge is 0.251 e. The maximum absolute atomic E-state index is 12.2. The molecule has 0 heterocycles. The number of benzene rings is 2. The predicted molar refractivity (Wildman–Crippen MR) is 93.6 cm³/mol. The van der Waals surface area contributed by atoms with Gasteiger partial charge in [0.2, 0.25) is 0 Å². The lowest BCUT2D eigenvalue weighted by atomic mass is 10.1. The third-order valence-electron chi connectivity index (χ3n) is 3.29. The first-order chi connectivity index (χ1) is 11.1.